The van der Waals surface area contributed by atoms with E-state index >= 15 is 0 Å². The number of nitrogens with one attached hydrogen (secondary N) is 1. The first-order valence-corrected chi connectivity index (χ1v) is 39.9. The second-order valence-corrected chi connectivity index (χ2v) is 28.5. The standard InChI is InChI=1S/C80H147N2O7P/c1-7-10-13-16-19-22-25-28-30-32-34-36-38-40-41-43-44-46-48-50-52-54-57-60-63-66-69-72-79(83)81-77(76-88-90(85,86)87-75-74-82(4,5)6)78(71-68-65-62-59-56-27-24-21-18-15-12-9-3)89-80(84)73-70-67-64-61-58-55-53-51-49-47-45-42-39-37-35-33-31-29-26-23-20-17-14-11-8-2/h11,14,20,23,29,31,35,37,42,45,49,51,68,71,77-78H,7-10,12-13,15-19,21-22,24-28,30,32-34,36,38-41,43-44,46-48,50,52-67,69-70,72-76H2,1-6H3,(H-,81,83,85,86)/b14-11-,23-20-,31-29-,37-35-,45-42-,51-49-,71-68+. The van der Waals surface area contributed by atoms with Crippen LogP contribution >= 0.6 is 7.82 Å². The van der Waals surface area contributed by atoms with E-state index in [0.29, 0.717) is 23.9 Å². The fourth-order valence-electron chi connectivity index (χ4n) is 11.2. The fourth-order valence-corrected chi connectivity index (χ4v) is 12.0. The number of hydrogen-bond acceptors (Lipinski definition) is 7. The first-order valence-electron chi connectivity index (χ1n) is 38.4. The van der Waals surface area contributed by atoms with E-state index in [-0.39, 0.29) is 24.9 Å². The van der Waals surface area contributed by atoms with Crippen LogP contribution in [0, 0.1) is 0 Å². The van der Waals surface area contributed by atoms with Crippen molar-refractivity contribution in [2.24, 2.45) is 0 Å². The lowest BCUT2D eigenvalue weighted by Gasteiger charge is -2.30. The summed E-state index contributed by atoms with van der Waals surface area (Å²) < 4.78 is 30.5. The molecule has 0 saturated heterocycles. The number of unbranched alkanes of at least 4 members (excludes halogenated alkanes) is 42. The minimum atomic E-state index is -4.71. The molecule has 0 bridgehead atoms. The third kappa shape index (κ3) is 69.5. The number of phosphoric ester groups is 1. The average molecular weight is 1280 g/mol. The van der Waals surface area contributed by atoms with Gasteiger partial charge in [-0.15, -0.1) is 0 Å². The minimum absolute atomic E-state index is 0.0262. The summed E-state index contributed by atoms with van der Waals surface area (Å²) in [6, 6.07) is -0.898. The second-order valence-electron chi connectivity index (χ2n) is 27.1. The summed E-state index contributed by atoms with van der Waals surface area (Å²) in [5.41, 5.74) is 0. The molecule has 0 radical (unpaired) electrons. The maximum atomic E-state index is 13.6. The van der Waals surface area contributed by atoms with Crippen molar-refractivity contribution >= 4 is 19.7 Å². The molecule has 1 amide bonds. The number of hydrogen-bond donors (Lipinski definition) is 1. The van der Waals surface area contributed by atoms with Gasteiger partial charge in [0.25, 0.3) is 7.82 Å². The molecule has 0 aliphatic rings. The van der Waals surface area contributed by atoms with Gasteiger partial charge in [-0.3, -0.25) is 14.2 Å². The molecule has 0 heterocycles. The highest BCUT2D eigenvalue weighted by atomic mass is 31.2. The Morgan fingerprint density at radius 3 is 1.07 bits per heavy atom. The Bertz CT molecular complexity index is 1810. The zero-order valence-electron chi connectivity index (χ0n) is 60.1. The van der Waals surface area contributed by atoms with Gasteiger partial charge in [0.2, 0.25) is 5.91 Å². The van der Waals surface area contributed by atoms with E-state index in [1.165, 1.54) is 205 Å². The van der Waals surface area contributed by atoms with Gasteiger partial charge in [-0.25, -0.2) is 0 Å². The van der Waals surface area contributed by atoms with Gasteiger partial charge in [-0.05, 0) is 83.1 Å². The number of esters is 1. The smallest absolute Gasteiger partial charge is 0.306 e. The molecule has 1 N–H and O–H groups in total. The second kappa shape index (κ2) is 69.0. The van der Waals surface area contributed by atoms with Crippen LogP contribution in [0.15, 0.2) is 85.1 Å². The van der Waals surface area contributed by atoms with Gasteiger partial charge < -0.3 is 28.5 Å². The summed E-state index contributed by atoms with van der Waals surface area (Å²) in [5, 5.41) is 3.05. The SMILES string of the molecule is CC/C=C\C/C=C\C/C=C\C/C=C\C/C=C\C/C=C\CCCCCCCCC(=O)OC(/C=C/CCCCCCCCCCCC)C(COP(=O)([O-])OCC[N+](C)(C)C)NC(=O)CCCCCCCCCCCCCCCCCCCCCCCCCCCCC. The largest absolute Gasteiger partial charge is 0.756 e. The van der Waals surface area contributed by atoms with E-state index in [2.05, 4.69) is 99.0 Å². The maximum absolute atomic E-state index is 13.6. The van der Waals surface area contributed by atoms with Crippen LogP contribution in [0.3, 0.4) is 0 Å². The third-order valence-electron chi connectivity index (χ3n) is 17.1. The monoisotopic (exact) mass is 1280 g/mol. The summed E-state index contributed by atoms with van der Waals surface area (Å²) in [5.74, 6) is -0.546. The molecular weight excluding hydrogens is 1130 g/mol. The number of likely N-dealkylation sites (N-methyl/N-ethyl adjacent to an activating group) is 1. The highest BCUT2D eigenvalue weighted by Gasteiger charge is 2.27. The van der Waals surface area contributed by atoms with Crippen LogP contribution in [-0.4, -0.2) is 69.4 Å². The molecule has 0 aromatic carbocycles. The normalized spacial score (nSPS) is 13.9. The number of phosphoric acid groups is 1. The van der Waals surface area contributed by atoms with Crippen molar-refractivity contribution in [2.45, 2.75) is 373 Å². The fraction of sp³-hybridized carbons (Fsp3) is 0.800. The average Bonchev–Trinajstić information content (AvgIpc) is 3.11. The van der Waals surface area contributed by atoms with Gasteiger partial charge in [0, 0.05) is 12.8 Å². The van der Waals surface area contributed by atoms with Crippen molar-refractivity contribution in [1.82, 2.24) is 5.32 Å². The number of amides is 1. The highest BCUT2D eigenvalue weighted by Crippen LogP contribution is 2.38. The first kappa shape index (κ1) is 87.2. The highest BCUT2D eigenvalue weighted by molar-refractivity contribution is 7.45. The van der Waals surface area contributed by atoms with Gasteiger partial charge >= 0.3 is 5.97 Å². The molecule has 3 unspecified atom stereocenters. The number of carbonyl (C=O) groups excluding carboxylic acids is 2. The predicted molar refractivity (Wildman–Crippen MR) is 390 cm³/mol. The van der Waals surface area contributed by atoms with E-state index in [0.717, 1.165) is 116 Å². The number of allylic oxidation sites excluding steroid dienone is 13. The number of ether oxygens (including phenoxy) is 1. The molecule has 0 aliphatic carbocycles. The summed E-state index contributed by atoms with van der Waals surface area (Å²) >= 11 is 0. The molecule has 0 fully saturated rings. The van der Waals surface area contributed by atoms with Gasteiger partial charge in [0.1, 0.15) is 19.3 Å². The molecule has 0 aliphatic heterocycles. The van der Waals surface area contributed by atoms with E-state index in [1.807, 2.05) is 33.3 Å². The van der Waals surface area contributed by atoms with Crippen LogP contribution in [0.2, 0.25) is 0 Å². The maximum Gasteiger partial charge on any atom is 0.306 e. The van der Waals surface area contributed by atoms with Crippen LogP contribution in [-0.2, 0) is 27.9 Å². The van der Waals surface area contributed by atoms with Gasteiger partial charge in [-0.1, -0.05) is 350 Å². The van der Waals surface area contributed by atoms with Crippen molar-refractivity contribution in [2.75, 3.05) is 40.9 Å². The quantitative estimate of drug-likeness (QED) is 0.0212. The Kier molecular flexibility index (Phi) is 66.9. The Labute approximate surface area is 558 Å². The molecule has 10 heteroatoms. The van der Waals surface area contributed by atoms with Crippen LogP contribution in [0.1, 0.15) is 361 Å². The van der Waals surface area contributed by atoms with Crippen LogP contribution in [0.25, 0.3) is 0 Å². The van der Waals surface area contributed by atoms with Crippen LogP contribution < -0.4 is 10.2 Å². The zero-order chi connectivity index (χ0) is 65.6. The minimum Gasteiger partial charge on any atom is -0.756 e. The number of carbonyl (C=O) groups is 2. The molecule has 0 saturated carbocycles. The van der Waals surface area contributed by atoms with Crippen molar-refractivity contribution in [3.8, 4) is 0 Å². The molecule has 0 aromatic rings. The Morgan fingerprint density at radius 1 is 0.400 bits per heavy atom. The topological polar surface area (TPSA) is 114 Å². The summed E-state index contributed by atoms with van der Waals surface area (Å²) in [4.78, 5) is 40.3. The van der Waals surface area contributed by atoms with Crippen LogP contribution in [0.4, 0.5) is 0 Å². The Hall–Kier alpha value is -2.81. The lowest BCUT2D eigenvalue weighted by Crippen LogP contribution is -2.47. The van der Waals surface area contributed by atoms with Crippen LogP contribution in [0.5, 0.6) is 0 Å². The molecule has 90 heavy (non-hydrogen) atoms. The molecule has 3 atom stereocenters. The van der Waals surface area contributed by atoms with Crippen molar-refractivity contribution in [3.05, 3.63) is 85.1 Å². The molecule has 524 valence electrons. The van der Waals surface area contributed by atoms with E-state index < -0.39 is 26.6 Å². The number of nitrogens with zero attached hydrogens (tertiary/aromatic N) is 1. The van der Waals surface area contributed by atoms with Crippen molar-refractivity contribution < 1.29 is 37.3 Å². The molecule has 0 spiro atoms. The Balaban J connectivity index is 4.99. The van der Waals surface area contributed by atoms with Gasteiger partial charge in [0.15, 0.2) is 0 Å². The number of rotatable bonds is 70. The lowest BCUT2D eigenvalue weighted by molar-refractivity contribution is -0.870. The van der Waals surface area contributed by atoms with E-state index in [9.17, 15) is 19.0 Å². The summed E-state index contributed by atoms with van der Waals surface area (Å²) in [6.07, 6.45) is 93.0. The van der Waals surface area contributed by atoms with Crippen molar-refractivity contribution in [3.63, 3.8) is 0 Å². The predicted octanol–water partition coefficient (Wildman–Crippen LogP) is 24.2. The van der Waals surface area contributed by atoms with Gasteiger partial charge in [-0.2, -0.15) is 0 Å². The third-order valence-corrected chi connectivity index (χ3v) is 18.1. The number of quaternary nitrogens is 1. The molecule has 0 rings (SSSR count). The summed E-state index contributed by atoms with van der Waals surface area (Å²) in [7, 11) is 1.18. The zero-order valence-corrected chi connectivity index (χ0v) is 61.0. The van der Waals surface area contributed by atoms with E-state index in [1.54, 1.807) is 0 Å². The van der Waals surface area contributed by atoms with E-state index in [4.69, 9.17) is 13.8 Å². The van der Waals surface area contributed by atoms with Gasteiger partial charge in [0.05, 0.1) is 33.8 Å². The molecule has 0 aromatic heterocycles. The first-order chi connectivity index (χ1) is 43.9. The molecule has 9 nitrogen and oxygen atoms in total. The lowest BCUT2D eigenvalue weighted by atomic mass is 10.0. The summed E-state index contributed by atoms with van der Waals surface area (Å²) in [6.45, 7) is 6.77. The van der Waals surface area contributed by atoms with Crippen molar-refractivity contribution in [1.29, 1.82) is 0 Å². The molecular formula is C80H147N2O7P. The Morgan fingerprint density at radius 2 is 0.711 bits per heavy atom.